The van der Waals surface area contributed by atoms with Crippen LogP contribution in [0.15, 0.2) is 0 Å². The summed E-state index contributed by atoms with van der Waals surface area (Å²) in [7, 11) is 0. The molecule has 2 amide bonds. The van der Waals surface area contributed by atoms with E-state index in [0.29, 0.717) is 38.5 Å². The van der Waals surface area contributed by atoms with E-state index in [4.69, 9.17) is 10.5 Å². The SMILES string of the molecule is CC(C)CNC(=O)C(C)NC(=O)C1(N)CCOCC1. The summed E-state index contributed by atoms with van der Waals surface area (Å²) in [5, 5.41) is 5.47. The second-order valence-corrected chi connectivity index (χ2v) is 5.60. The maximum atomic E-state index is 12.1. The fourth-order valence-corrected chi connectivity index (χ4v) is 1.83. The van der Waals surface area contributed by atoms with Crippen molar-refractivity contribution in [3.8, 4) is 0 Å². The molecule has 0 aromatic rings. The molecule has 1 atom stereocenters. The van der Waals surface area contributed by atoms with E-state index in [-0.39, 0.29) is 11.8 Å². The Kier molecular flexibility index (Phi) is 5.75. The van der Waals surface area contributed by atoms with Gasteiger partial charge in [0.15, 0.2) is 0 Å². The van der Waals surface area contributed by atoms with Gasteiger partial charge in [0.25, 0.3) is 0 Å². The van der Waals surface area contributed by atoms with Gasteiger partial charge in [-0.2, -0.15) is 0 Å². The minimum atomic E-state index is -0.912. The molecule has 0 spiro atoms. The Morgan fingerprint density at radius 2 is 1.84 bits per heavy atom. The third-order valence-electron chi connectivity index (χ3n) is 3.26. The van der Waals surface area contributed by atoms with Crippen molar-refractivity contribution in [2.24, 2.45) is 11.7 Å². The molecule has 0 bridgehead atoms. The summed E-state index contributed by atoms with van der Waals surface area (Å²) in [5.74, 6) is -0.0797. The molecule has 0 aromatic carbocycles. The number of rotatable bonds is 5. The molecule has 0 aromatic heterocycles. The van der Waals surface area contributed by atoms with Crippen LogP contribution in [0.4, 0.5) is 0 Å². The fourth-order valence-electron chi connectivity index (χ4n) is 1.83. The molecule has 6 heteroatoms. The number of nitrogens with one attached hydrogen (secondary N) is 2. The van der Waals surface area contributed by atoms with Crippen LogP contribution in [0, 0.1) is 5.92 Å². The van der Waals surface area contributed by atoms with Gasteiger partial charge in [0, 0.05) is 19.8 Å². The van der Waals surface area contributed by atoms with E-state index < -0.39 is 11.6 Å². The van der Waals surface area contributed by atoms with Crippen molar-refractivity contribution >= 4 is 11.8 Å². The molecular formula is C13H25N3O3. The first-order chi connectivity index (χ1) is 8.85. The highest BCUT2D eigenvalue weighted by Crippen LogP contribution is 2.17. The molecule has 1 unspecified atom stereocenters. The number of ether oxygens (including phenoxy) is 1. The fraction of sp³-hybridized carbons (Fsp3) is 0.846. The van der Waals surface area contributed by atoms with Crippen LogP contribution in [-0.4, -0.2) is 43.2 Å². The average molecular weight is 271 g/mol. The molecule has 110 valence electrons. The summed E-state index contributed by atoms with van der Waals surface area (Å²) in [6.07, 6.45) is 0.971. The standard InChI is InChI=1S/C13H25N3O3/c1-9(2)8-15-11(17)10(3)16-12(18)13(14)4-6-19-7-5-13/h9-10H,4-8,14H2,1-3H3,(H,15,17)(H,16,18). The lowest BCUT2D eigenvalue weighted by atomic mass is 9.90. The Hall–Kier alpha value is -1.14. The maximum absolute atomic E-state index is 12.1. The molecule has 1 heterocycles. The molecule has 0 saturated carbocycles. The van der Waals surface area contributed by atoms with Crippen molar-refractivity contribution in [1.29, 1.82) is 0 Å². The van der Waals surface area contributed by atoms with Crippen molar-refractivity contribution in [3.63, 3.8) is 0 Å². The Morgan fingerprint density at radius 1 is 1.26 bits per heavy atom. The third kappa shape index (κ3) is 4.80. The van der Waals surface area contributed by atoms with Crippen molar-refractivity contribution in [2.75, 3.05) is 19.8 Å². The number of hydrogen-bond donors (Lipinski definition) is 3. The van der Waals surface area contributed by atoms with Crippen LogP contribution in [-0.2, 0) is 14.3 Å². The van der Waals surface area contributed by atoms with Gasteiger partial charge in [0.05, 0.1) is 5.54 Å². The Balaban J connectivity index is 2.44. The predicted molar refractivity (Wildman–Crippen MR) is 72.4 cm³/mol. The number of carbonyl (C=O) groups excluding carboxylic acids is 2. The molecule has 0 aliphatic carbocycles. The monoisotopic (exact) mass is 271 g/mol. The van der Waals surface area contributed by atoms with Gasteiger partial charge in [-0.1, -0.05) is 13.8 Å². The van der Waals surface area contributed by atoms with E-state index in [0.717, 1.165) is 0 Å². The van der Waals surface area contributed by atoms with E-state index in [1.165, 1.54) is 0 Å². The molecule has 1 aliphatic heterocycles. The summed E-state index contributed by atoms with van der Waals surface area (Å²) in [6.45, 7) is 7.26. The molecular weight excluding hydrogens is 246 g/mol. The molecule has 1 fully saturated rings. The van der Waals surface area contributed by atoms with Gasteiger partial charge in [-0.3, -0.25) is 9.59 Å². The van der Waals surface area contributed by atoms with Crippen LogP contribution < -0.4 is 16.4 Å². The lowest BCUT2D eigenvalue weighted by Crippen LogP contribution is -2.60. The lowest BCUT2D eigenvalue weighted by Gasteiger charge is -2.32. The third-order valence-corrected chi connectivity index (χ3v) is 3.26. The van der Waals surface area contributed by atoms with Crippen LogP contribution in [0.5, 0.6) is 0 Å². The average Bonchev–Trinajstić information content (AvgIpc) is 2.36. The first kappa shape index (κ1) is 15.9. The molecule has 19 heavy (non-hydrogen) atoms. The van der Waals surface area contributed by atoms with E-state index in [1.54, 1.807) is 6.92 Å². The first-order valence-corrected chi connectivity index (χ1v) is 6.80. The molecule has 6 nitrogen and oxygen atoms in total. The van der Waals surface area contributed by atoms with Gasteiger partial charge >= 0.3 is 0 Å². The second kappa shape index (κ2) is 6.86. The van der Waals surface area contributed by atoms with E-state index >= 15 is 0 Å². The van der Waals surface area contributed by atoms with E-state index in [9.17, 15) is 9.59 Å². The Morgan fingerprint density at radius 3 is 2.37 bits per heavy atom. The van der Waals surface area contributed by atoms with Gasteiger partial charge in [0.2, 0.25) is 11.8 Å². The summed E-state index contributed by atoms with van der Waals surface area (Å²) < 4.78 is 5.19. The van der Waals surface area contributed by atoms with Crippen LogP contribution in [0.1, 0.15) is 33.6 Å². The number of nitrogens with two attached hydrogens (primary N) is 1. The zero-order valence-electron chi connectivity index (χ0n) is 12.0. The smallest absolute Gasteiger partial charge is 0.242 e. The van der Waals surface area contributed by atoms with Crippen molar-refractivity contribution in [1.82, 2.24) is 10.6 Å². The van der Waals surface area contributed by atoms with Gasteiger partial charge in [-0.05, 0) is 25.7 Å². The highest BCUT2D eigenvalue weighted by Gasteiger charge is 2.37. The Bertz CT molecular complexity index is 325. The van der Waals surface area contributed by atoms with Gasteiger partial charge in [-0.25, -0.2) is 0 Å². The second-order valence-electron chi connectivity index (χ2n) is 5.60. The van der Waals surface area contributed by atoms with E-state index in [2.05, 4.69) is 10.6 Å². The molecule has 1 rings (SSSR count). The number of carbonyl (C=O) groups is 2. The minimum absolute atomic E-state index is 0.183. The number of hydrogen-bond acceptors (Lipinski definition) is 4. The van der Waals surface area contributed by atoms with Crippen LogP contribution in [0.25, 0.3) is 0 Å². The molecule has 1 saturated heterocycles. The zero-order valence-corrected chi connectivity index (χ0v) is 12.0. The lowest BCUT2D eigenvalue weighted by molar-refractivity contribution is -0.134. The summed E-state index contributed by atoms with van der Waals surface area (Å²) in [5.41, 5.74) is 5.14. The topological polar surface area (TPSA) is 93.5 Å². The summed E-state index contributed by atoms with van der Waals surface area (Å²) >= 11 is 0. The molecule has 4 N–H and O–H groups in total. The number of amides is 2. The predicted octanol–water partition coefficient (Wildman–Crippen LogP) is -0.229. The highest BCUT2D eigenvalue weighted by molar-refractivity contribution is 5.91. The van der Waals surface area contributed by atoms with Crippen molar-refractivity contribution in [2.45, 2.75) is 45.2 Å². The quantitative estimate of drug-likeness (QED) is 0.644. The van der Waals surface area contributed by atoms with Crippen LogP contribution in [0.2, 0.25) is 0 Å². The van der Waals surface area contributed by atoms with Crippen molar-refractivity contribution in [3.05, 3.63) is 0 Å². The Labute approximate surface area is 114 Å². The largest absolute Gasteiger partial charge is 0.381 e. The van der Waals surface area contributed by atoms with Crippen LogP contribution in [0.3, 0.4) is 0 Å². The van der Waals surface area contributed by atoms with Crippen molar-refractivity contribution < 1.29 is 14.3 Å². The summed E-state index contributed by atoms with van der Waals surface area (Å²) in [6, 6.07) is -0.575. The van der Waals surface area contributed by atoms with Crippen LogP contribution >= 0.6 is 0 Å². The molecule has 0 radical (unpaired) electrons. The van der Waals surface area contributed by atoms with Gasteiger partial charge in [-0.15, -0.1) is 0 Å². The molecule has 1 aliphatic rings. The van der Waals surface area contributed by atoms with E-state index in [1.807, 2.05) is 13.8 Å². The first-order valence-electron chi connectivity index (χ1n) is 6.80. The highest BCUT2D eigenvalue weighted by atomic mass is 16.5. The van der Waals surface area contributed by atoms with Gasteiger partial charge < -0.3 is 21.1 Å². The normalized spacial score (nSPS) is 19.8. The summed E-state index contributed by atoms with van der Waals surface area (Å²) in [4.78, 5) is 23.9. The zero-order chi connectivity index (χ0) is 14.5. The van der Waals surface area contributed by atoms with Gasteiger partial charge in [0.1, 0.15) is 6.04 Å². The maximum Gasteiger partial charge on any atom is 0.242 e. The minimum Gasteiger partial charge on any atom is -0.381 e.